The van der Waals surface area contributed by atoms with E-state index < -0.39 is 11.8 Å². The number of carbonyl (C=O) groups is 1. The van der Waals surface area contributed by atoms with E-state index in [1.807, 2.05) is 0 Å². The highest BCUT2D eigenvalue weighted by molar-refractivity contribution is 7.17. The van der Waals surface area contributed by atoms with Crippen molar-refractivity contribution < 1.29 is 14.3 Å². The Kier molecular flexibility index (Phi) is 2.42. The molecule has 0 saturated carbocycles. The maximum absolute atomic E-state index is 13.2. The molecule has 0 aliphatic heterocycles. The van der Waals surface area contributed by atoms with Gasteiger partial charge in [-0.1, -0.05) is 0 Å². The van der Waals surface area contributed by atoms with Gasteiger partial charge in [0.2, 0.25) is 0 Å². The normalized spacial score (nSPS) is 10.2. The van der Waals surface area contributed by atoms with Crippen LogP contribution in [0.1, 0.15) is 9.67 Å². The molecule has 1 N–H and O–H groups in total. The van der Waals surface area contributed by atoms with Crippen molar-refractivity contribution in [2.75, 3.05) is 0 Å². The number of rotatable bonds is 2. The van der Waals surface area contributed by atoms with Crippen molar-refractivity contribution in [1.29, 1.82) is 0 Å². The first-order valence-corrected chi connectivity index (χ1v) is 4.79. The highest BCUT2D eigenvalue weighted by Crippen LogP contribution is 2.27. The molecule has 2 aromatic heterocycles. The number of aromatic carboxylic acids is 1. The Morgan fingerprint density at radius 3 is 2.87 bits per heavy atom. The van der Waals surface area contributed by atoms with Crippen LogP contribution in [0.25, 0.3) is 10.6 Å². The van der Waals surface area contributed by atoms with Crippen molar-refractivity contribution in [2.45, 2.75) is 0 Å². The third-order valence-electron chi connectivity index (χ3n) is 1.72. The van der Waals surface area contributed by atoms with Gasteiger partial charge in [0.1, 0.15) is 16.9 Å². The Balaban J connectivity index is 2.46. The predicted molar refractivity (Wildman–Crippen MR) is 52.3 cm³/mol. The first-order chi connectivity index (χ1) is 7.18. The molecule has 0 aromatic carbocycles. The molecular weight excluding hydrogens is 219 g/mol. The average Bonchev–Trinajstić information content (AvgIpc) is 2.67. The highest BCUT2D eigenvalue weighted by Gasteiger charge is 2.12. The van der Waals surface area contributed by atoms with E-state index in [0.717, 1.165) is 17.5 Å². The van der Waals surface area contributed by atoms with Gasteiger partial charge in [-0.05, 0) is 12.1 Å². The quantitative estimate of drug-likeness (QED) is 0.847. The van der Waals surface area contributed by atoms with Gasteiger partial charge in [-0.25, -0.2) is 19.2 Å². The molecule has 2 heterocycles. The summed E-state index contributed by atoms with van der Waals surface area (Å²) in [5, 5.41) is 8.70. The largest absolute Gasteiger partial charge is 0.477 e. The summed E-state index contributed by atoms with van der Waals surface area (Å²) in [5.74, 6) is -1.59. The number of hydrogen-bond donors (Lipinski definition) is 1. The number of carboxylic acids is 1. The molecule has 0 atom stereocenters. The van der Waals surface area contributed by atoms with Gasteiger partial charge in [0.25, 0.3) is 0 Å². The molecule has 0 unspecified atom stereocenters. The van der Waals surface area contributed by atoms with Gasteiger partial charge in [-0.3, -0.25) is 0 Å². The maximum atomic E-state index is 13.2. The van der Waals surface area contributed by atoms with Crippen LogP contribution in [0.3, 0.4) is 0 Å². The van der Waals surface area contributed by atoms with Crippen LogP contribution in [0.4, 0.5) is 4.39 Å². The van der Waals surface area contributed by atoms with Gasteiger partial charge in [0, 0.05) is 0 Å². The molecule has 2 aromatic rings. The number of nitrogens with zero attached hydrogens (tertiary/aromatic N) is 2. The second-order valence-electron chi connectivity index (χ2n) is 2.69. The molecule has 2 rings (SSSR count). The minimum atomic E-state index is -1.03. The Hall–Kier alpha value is -1.82. The summed E-state index contributed by atoms with van der Waals surface area (Å²) in [4.78, 5) is 18.5. The third kappa shape index (κ3) is 1.84. The van der Waals surface area contributed by atoms with E-state index in [1.165, 1.54) is 18.5 Å². The zero-order valence-corrected chi connectivity index (χ0v) is 8.16. The minimum Gasteiger partial charge on any atom is -0.477 e. The first-order valence-electron chi connectivity index (χ1n) is 3.97. The molecular formula is C9H5FN2O2S. The molecule has 0 spiro atoms. The standard InChI is InChI=1S/C9H5FN2O2S/c10-5-3-11-4-12-8(5)6-1-2-7(15-6)9(13)14/h1-4H,(H,13,14). The molecule has 0 fully saturated rings. The Bertz CT molecular complexity index is 512. The number of thiophene rings is 1. The van der Waals surface area contributed by atoms with Gasteiger partial charge in [-0.2, -0.15) is 0 Å². The molecule has 76 valence electrons. The average molecular weight is 224 g/mol. The van der Waals surface area contributed by atoms with Gasteiger partial charge in [0.05, 0.1) is 11.1 Å². The van der Waals surface area contributed by atoms with E-state index in [-0.39, 0.29) is 10.6 Å². The fraction of sp³-hybridized carbons (Fsp3) is 0. The molecule has 0 amide bonds. The molecule has 15 heavy (non-hydrogen) atoms. The molecule has 6 heteroatoms. The monoisotopic (exact) mass is 224 g/mol. The van der Waals surface area contributed by atoms with E-state index in [4.69, 9.17) is 5.11 Å². The zero-order chi connectivity index (χ0) is 10.8. The predicted octanol–water partition coefficient (Wildman–Crippen LogP) is 2.04. The first kappa shape index (κ1) is 9.72. The van der Waals surface area contributed by atoms with E-state index in [0.29, 0.717) is 4.88 Å². The van der Waals surface area contributed by atoms with E-state index in [9.17, 15) is 9.18 Å². The van der Waals surface area contributed by atoms with E-state index in [2.05, 4.69) is 9.97 Å². The lowest BCUT2D eigenvalue weighted by Gasteiger charge is -1.95. The van der Waals surface area contributed by atoms with Crippen LogP contribution in [0.5, 0.6) is 0 Å². The van der Waals surface area contributed by atoms with Crippen LogP contribution < -0.4 is 0 Å². The van der Waals surface area contributed by atoms with Crippen LogP contribution in [-0.4, -0.2) is 21.0 Å². The summed E-state index contributed by atoms with van der Waals surface area (Å²) >= 11 is 0.978. The summed E-state index contributed by atoms with van der Waals surface area (Å²) in [5.41, 5.74) is 0.127. The zero-order valence-electron chi connectivity index (χ0n) is 7.35. The van der Waals surface area contributed by atoms with Crippen molar-refractivity contribution in [3.63, 3.8) is 0 Å². The van der Waals surface area contributed by atoms with Crippen LogP contribution in [0.15, 0.2) is 24.7 Å². The smallest absolute Gasteiger partial charge is 0.345 e. The molecule has 0 aliphatic carbocycles. The number of aromatic nitrogens is 2. The maximum Gasteiger partial charge on any atom is 0.345 e. The Morgan fingerprint density at radius 1 is 1.47 bits per heavy atom. The molecule has 0 aliphatic rings. The van der Waals surface area contributed by atoms with Crippen molar-refractivity contribution in [2.24, 2.45) is 0 Å². The van der Waals surface area contributed by atoms with Crippen molar-refractivity contribution in [1.82, 2.24) is 9.97 Å². The van der Waals surface area contributed by atoms with Crippen molar-refractivity contribution in [3.8, 4) is 10.6 Å². The number of halogens is 1. The summed E-state index contributed by atoms with van der Waals surface area (Å²) < 4.78 is 13.2. The fourth-order valence-corrected chi connectivity index (χ4v) is 1.92. The molecule has 0 saturated heterocycles. The Labute approximate surface area is 88.1 Å². The topological polar surface area (TPSA) is 63.1 Å². The Morgan fingerprint density at radius 2 is 2.27 bits per heavy atom. The van der Waals surface area contributed by atoms with Gasteiger partial charge in [0.15, 0.2) is 5.82 Å². The molecule has 0 radical (unpaired) electrons. The summed E-state index contributed by atoms with van der Waals surface area (Å²) in [7, 11) is 0. The highest BCUT2D eigenvalue weighted by atomic mass is 32.1. The van der Waals surface area contributed by atoms with Gasteiger partial charge < -0.3 is 5.11 Å². The second kappa shape index (κ2) is 3.74. The lowest BCUT2D eigenvalue weighted by molar-refractivity contribution is 0.0702. The molecule has 4 nitrogen and oxygen atoms in total. The van der Waals surface area contributed by atoms with Gasteiger partial charge >= 0.3 is 5.97 Å². The van der Waals surface area contributed by atoms with Crippen LogP contribution in [-0.2, 0) is 0 Å². The number of carboxylic acid groups (broad SMARTS) is 1. The fourth-order valence-electron chi connectivity index (χ4n) is 1.07. The summed E-state index contributed by atoms with van der Waals surface area (Å²) in [6.45, 7) is 0. The van der Waals surface area contributed by atoms with Crippen molar-refractivity contribution in [3.05, 3.63) is 35.4 Å². The van der Waals surface area contributed by atoms with Crippen molar-refractivity contribution >= 4 is 17.3 Å². The van der Waals surface area contributed by atoms with Crippen LogP contribution >= 0.6 is 11.3 Å². The summed E-state index contributed by atoms with van der Waals surface area (Å²) in [6, 6.07) is 2.95. The SMILES string of the molecule is O=C(O)c1ccc(-c2ncncc2F)s1. The lowest BCUT2D eigenvalue weighted by Crippen LogP contribution is -1.90. The van der Waals surface area contributed by atoms with E-state index in [1.54, 1.807) is 0 Å². The minimum absolute atomic E-state index is 0.127. The van der Waals surface area contributed by atoms with E-state index >= 15 is 0 Å². The number of hydrogen-bond acceptors (Lipinski definition) is 4. The van der Waals surface area contributed by atoms with Crippen LogP contribution in [0, 0.1) is 5.82 Å². The third-order valence-corrected chi connectivity index (χ3v) is 2.80. The lowest BCUT2D eigenvalue weighted by atomic mass is 10.3. The van der Waals surface area contributed by atoms with Gasteiger partial charge in [-0.15, -0.1) is 11.3 Å². The summed E-state index contributed by atoms with van der Waals surface area (Å²) in [6.07, 6.45) is 2.26. The molecule has 0 bridgehead atoms. The second-order valence-corrected chi connectivity index (χ2v) is 3.77. The van der Waals surface area contributed by atoms with Crippen LogP contribution in [0.2, 0.25) is 0 Å².